The van der Waals surface area contributed by atoms with Crippen molar-refractivity contribution < 1.29 is 27.5 Å². The third-order valence-electron chi connectivity index (χ3n) is 4.01. The Bertz CT molecular complexity index is 837. The number of hydrogen-bond donors (Lipinski definition) is 1. The molecule has 0 fully saturated rings. The minimum atomic E-state index is -4.52. The number of urea groups is 1. The molecule has 0 bridgehead atoms. The van der Waals surface area contributed by atoms with E-state index in [4.69, 9.17) is 4.74 Å². The zero-order chi connectivity index (χ0) is 20.7. The van der Waals surface area contributed by atoms with Gasteiger partial charge in [-0.1, -0.05) is 31.2 Å². The second-order valence-corrected chi connectivity index (χ2v) is 6.02. The molecule has 150 valence electrons. The van der Waals surface area contributed by atoms with Crippen molar-refractivity contribution in [1.29, 1.82) is 0 Å². The van der Waals surface area contributed by atoms with Gasteiger partial charge < -0.3 is 15.0 Å². The first-order valence-corrected chi connectivity index (χ1v) is 8.67. The number of nitrogens with one attached hydrogen (secondary N) is 1. The summed E-state index contributed by atoms with van der Waals surface area (Å²) in [6.45, 7) is 1.66. The number of carbonyl (C=O) groups excluding carboxylic acids is 2. The van der Waals surface area contributed by atoms with Crippen LogP contribution in [0.4, 0.5) is 23.7 Å². The standard InChI is InChI=1S/C20H21F3N2O3/c1-3-17(26)14-8-4-6-10-16(14)24-19(27)25(2)12-13-28-18-11-7-5-9-15(18)20(21,22)23/h4-11H,3,12-13H2,1-2H3,(H,24,27). The molecule has 28 heavy (non-hydrogen) atoms. The Kier molecular flexibility index (Phi) is 7.03. The third-order valence-corrected chi connectivity index (χ3v) is 4.01. The molecule has 2 aromatic rings. The lowest BCUT2D eigenvalue weighted by molar-refractivity contribution is -0.139. The number of ether oxygens (including phenoxy) is 1. The maximum absolute atomic E-state index is 13.0. The maximum atomic E-state index is 13.0. The number of amides is 2. The maximum Gasteiger partial charge on any atom is 0.419 e. The summed E-state index contributed by atoms with van der Waals surface area (Å²) in [6.07, 6.45) is -4.22. The highest BCUT2D eigenvalue weighted by Gasteiger charge is 2.34. The molecule has 1 N–H and O–H groups in total. The number of Topliss-reactive ketones (excluding diaryl/α,β-unsaturated/α-hetero) is 1. The average molecular weight is 394 g/mol. The van der Waals surface area contributed by atoms with E-state index in [9.17, 15) is 22.8 Å². The van der Waals surface area contributed by atoms with E-state index in [1.165, 1.54) is 30.1 Å². The molecular formula is C20H21F3N2O3. The Balaban J connectivity index is 1.95. The molecule has 0 unspecified atom stereocenters. The normalized spacial score (nSPS) is 11.0. The van der Waals surface area contributed by atoms with Crippen LogP contribution in [-0.2, 0) is 6.18 Å². The van der Waals surface area contributed by atoms with Gasteiger partial charge in [-0.3, -0.25) is 4.79 Å². The van der Waals surface area contributed by atoms with Gasteiger partial charge in [0.15, 0.2) is 5.78 Å². The highest BCUT2D eigenvalue weighted by molar-refractivity contribution is 6.04. The summed E-state index contributed by atoms with van der Waals surface area (Å²) < 4.78 is 44.1. The molecule has 0 atom stereocenters. The molecule has 0 aliphatic heterocycles. The fourth-order valence-electron chi connectivity index (χ4n) is 2.46. The Hall–Kier alpha value is -3.03. The third kappa shape index (κ3) is 5.48. The highest BCUT2D eigenvalue weighted by atomic mass is 19.4. The van der Waals surface area contributed by atoms with Crippen LogP contribution in [0.1, 0.15) is 29.3 Å². The Morgan fingerprint density at radius 3 is 2.39 bits per heavy atom. The summed E-state index contributed by atoms with van der Waals surface area (Å²) in [5.41, 5.74) is -0.0780. The molecular weight excluding hydrogens is 373 g/mol. The molecule has 0 radical (unpaired) electrons. The fourth-order valence-corrected chi connectivity index (χ4v) is 2.46. The van der Waals surface area contributed by atoms with Gasteiger partial charge in [-0.05, 0) is 24.3 Å². The van der Waals surface area contributed by atoms with Crippen LogP contribution in [0, 0.1) is 0 Å². The molecule has 2 amide bonds. The van der Waals surface area contributed by atoms with E-state index in [1.54, 1.807) is 31.2 Å². The monoisotopic (exact) mass is 394 g/mol. The summed E-state index contributed by atoms with van der Waals surface area (Å²) in [7, 11) is 1.48. The van der Waals surface area contributed by atoms with E-state index < -0.39 is 17.8 Å². The number of nitrogens with zero attached hydrogens (tertiary/aromatic N) is 1. The number of para-hydroxylation sites is 2. The number of ketones is 1. The van der Waals surface area contributed by atoms with Crippen LogP contribution in [0.15, 0.2) is 48.5 Å². The molecule has 0 aliphatic rings. The number of alkyl halides is 3. The van der Waals surface area contributed by atoms with E-state index >= 15 is 0 Å². The lowest BCUT2D eigenvalue weighted by Crippen LogP contribution is -2.35. The van der Waals surface area contributed by atoms with Crippen molar-refractivity contribution in [2.75, 3.05) is 25.5 Å². The van der Waals surface area contributed by atoms with E-state index in [0.717, 1.165) is 6.07 Å². The van der Waals surface area contributed by atoms with Gasteiger partial charge in [0, 0.05) is 19.0 Å². The number of rotatable bonds is 7. The Morgan fingerprint density at radius 1 is 1.07 bits per heavy atom. The molecule has 0 spiro atoms. The van der Waals surface area contributed by atoms with Gasteiger partial charge in [0.1, 0.15) is 12.4 Å². The predicted molar refractivity (Wildman–Crippen MR) is 99.7 cm³/mol. The number of anilines is 1. The van der Waals surface area contributed by atoms with Gasteiger partial charge in [-0.15, -0.1) is 0 Å². The van der Waals surface area contributed by atoms with Gasteiger partial charge in [0.25, 0.3) is 0 Å². The zero-order valence-corrected chi connectivity index (χ0v) is 15.5. The minimum absolute atomic E-state index is 0.0575. The molecule has 0 heterocycles. The van der Waals surface area contributed by atoms with Crippen molar-refractivity contribution in [3.8, 4) is 5.75 Å². The molecule has 5 nitrogen and oxygen atoms in total. The van der Waals surface area contributed by atoms with Crippen LogP contribution >= 0.6 is 0 Å². The van der Waals surface area contributed by atoms with Crippen LogP contribution in [0.2, 0.25) is 0 Å². The molecule has 2 aromatic carbocycles. The number of carbonyl (C=O) groups is 2. The molecule has 0 saturated heterocycles. The summed E-state index contributed by atoms with van der Waals surface area (Å²) in [4.78, 5) is 25.5. The first-order valence-electron chi connectivity index (χ1n) is 8.67. The molecule has 2 rings (SSSR count). The highest BCUT2D eigenvalue weighted by Crippen LogP contribution is 2.35. The van der Waals surface area contributed by atoms with Crippen molar-refractivity contribution in [3.05, 3.63) is 59.7 Å². The second kappa shape index (κ2) is 9.25. The lowest BCUT2D eigenvalue weighted by Gasteiger charge is -2.20. The number of likely N-dealkylation sites (N-methyl/N-ethyl adjacent to an activating group) is 1. The molecule has 0 aromatic heterocycles. The van der Waals surface area contributed by atoms with Crippen molar-refractivity contribution in [2.24, 2.45) is 0 Å². The predicted octanol–water partition coefficient (Wildman–Crippen LogP) is 4.84. The van der Waals surface area contributed by atoms with Crippen LogP contribution in [0.5, 0.6) is 5.75 Å². The Morgan fingerprint density at radius 2 is 1.71 bits per heavy atom. The van der Waals surface area contributed by atoms with Crippen LogP contribution in [0.25, 0.3) is 0 Å². The average Bonchev–Trinajstić information content (AvgIpc) is 2.67. The number of benzene rings is 2. The molecule has 8 heteroatoms. The van der Waals surface area contributed by atoms with Crippen molar-refractivity contribution >= 4 is 17.5 Å². The topological polar surface area (TPSA) is 58.6 Å². The van der Waals surface area contributed by atoms with E-state index in [0.29, 0.717) is 17.7 Å². The second-order valence-electron chi connectivity index (χ2n) is 6.02. The van der Waals surface area contributed by atoms with Gasteiger partial charge in [-0.2, -0.15) is 13.2 Å². The zero-order valence-electron chi connectivity index (χ0n) is 15.5. The smallest absolute Gasteiger partial charge is 0.419 e. The molecule has 0 aliphatic carbocycles. The largest absolute Gasteiger partial charge is 0.491 e. The summed E-state index contributed by atoms with van der Waals surface area (Å²) in [6, 6.07) is 11.0. The van der Waals surface area contributed by atoms with Crippen LogP contribution in [-0.4, -0.2) is 36.9 Å². The van der Waals surface area contributed by atoms with Gasteiger partial charge in [-0.25, -0.2) is 4.79 Å². The van der Waals surface area contributed by atoms with E-state index in [2.05, 4.69) is 5.32 Å². The van der Waals surface area contributed by atoms with Crippen LogP contribution in [0.3, 0.4) is 0 Å². The van der Waals surface area contributed by atoms with Gasteiger partial charge >= 0.3 is 12.2 Å². The lowest BCUT2D eigenvalue weighted by atomic mass is 10.1. The number of hydrogen-bond acceptors (Lipinski definition) is 3. The number of halogens is 3. The van der Waals surface area contributed by atoms with Gasteiger partial charge in [0.2, 0.25) is 0 Å². The SMILES string of the molecule is CCC(=O)c1ccccc1NC(=O)N(C)CCOc1ccccc1C(F)(F)F. The van der Waals surface area contributed by atoms with Crippen molar-refractivity contribution in [1.82, 2.24) is 4.90 Å². The minimum Gasteiger partial charge on any atom is -0.491 e. The summed E-state index contributed by atoms with van der Waals surface area (Å²) in [5, 5.41) is 2.64. The van der Waals surface area contributed by atoms with E-state index in [-0.39, 0.29) is 24.7 Å². The fraction of sp³-hybridized carbons (Fsp3) is 0.300. The first kappa shape index (κ1) is 21.3. The van der Waals surface area contributed by atoms with Crippen LogP contribution < -0.4 is 10.1 Å². The Labute approximate surface area is 161 Å². The summed E-state index contributed by atoms with van der Waals surface area (Å²) >= 11 is 0. The quantitative estimate of drug-likeness (QED) is 0.684. The van der Waals surface area contributed by atoms with E-state index in [1.807, 2.05) is 0 Å². The molecule has 0 saturated carbocycles. The van der Waals surface area contributed by atoms with Crippen molar-refractivity contribution in [3.63, 3.8) is 0 Å². The van der Waals surface area contributed by atoms with Gasteiger partial charge in [0.05, 0.1) is 17.8 Å². The summed E-state index contributed by atoms with van der Waals surface area (Å²) in [5.74, 6) is -0.395. The van der Waals surface area contributed by atoms with Crippen molar-refractivity contribution in [2.45, 2.75) is 19.5 Å². The first-order chi connectivity index (χ1) is 13.2.